The molecule has 3 N–H and O–H groups in total. The highest BCUT2D eigenvalue weighted by molar-refractivity contribution is 14.1. The number of carbonyl (C=O) groups is 1. The number of carboxylic acid groups (broad SMARTS) is 1. The third kappa shape index (κ3) is 3.41. The quantitative estimate of drug-likeness (QED) is 0.630. The van der Waals surface area contributed by atoms with E-state index in [1.807, 2.05) is 36.2 Å². The van der Waals surface area contributed by atoms with Crippen molar-refractivity contribution in [3.63, 3.8) is 0 Å². The van der Waals surface area contributed by atoms with Gasteiger partial charge in [0.05, 0.1) is 11.3 Å². The molecule has 0 aliphatic rings. The minimum absolute atomic E-state index is 0.220. The molecular formula is C15H15IN2O2. The first-order valence-corrected chi connectivity index (χ1v) is 7.13. The summed E-state index contributed by atoms with van der Waals surface area (Å²) in [5.41, 5.74) is 8.11. The van der Waals surface area contributed by atoms with Crippen molar-refractivity contribution in [1.29, 1.82) is 0 Å². The summed E-state index contributed by atoms with van der Waals surface area (Å²) in [5.74, 6) is -0.971. The van der Waals surface area contributed by atoms with Crippen LogP contribution in [0.25, 0.3) is 0 Å². The average molecular weight is 382 g/mol. The maximum Gasteiger partial charge on any atom is 0.337 e. The number of nitrogens with zero attached hydrogens (tertiary/aromatic N) is 1. The first-order valence-electron chi connectivity index (χ1n) is 6.06. The molecule has 0 bridgehead atoms. The first-order chi connectivity index (χ1) is 9.47. The predicted octanol–water partition coefficient (Wildman–Crippen LogP) is 3.21. The Bertz CT molecular complexity index is 626. The van der Waals surface area contributed by atoms with Crippen LogP contribution in [0.5, 0.6) is 0 Å². The van der Waals surface area contributed by atoms with Gasteiger partial charge < -0.3 is 15.7 Å². The lowest BCUT2D eigenvalue weighted by molar-refractivity contribution is 0.0697. The fourth-order valence-corrected chi connectivity index (χ4v) is 2.37. The summed E-state index contributed by atoms with van der Waals surface area (Å²) in [5, 5.41) is 9.26. The van der Waals surface area contributed by atoms with Crippen LogP contribution in [-0.2, 0) is 6.54 Å². The summed E-state index contributed by atoms with van der Waals surface area (Å²) in [6, 6.07) is 13.1. The Morgan fingerprint density at radius 3 is 2.50 bits per heavy atom. The van der Waals surface area contributed by atoms with Gasteiger partial charge in [-0.15, -0.1) is 0 Å². The molecule has 5 heteroatoms. The molecule has 0 aliphatic carbocycles. The second-order valence-electron chi connectivity index (χ2n) is 4.56. The Kier molecular flexibility index (Phi) is 4.49. The van der Waals surface area contributed by atoms with Gasteiger partial charge >= 0.3 is 5.97 Å². The molecule has 0 amide bonds. The smallest absolute Gasteiger partial charge is 0.337 e. The van der Waals surface area contributed by atoms with Gasteiger partial charge in [0.1, 0.15) is 0 Å². The van der Waals surface area contributed by atoms with Gasteiger partial charge in [-0.1, -0.05) is 12.1 Å². The maximum atomic E-state index is 11.3. The number of rotatable bonds is 4. The molecule has 0 aromatic heterocycles. The van der Waals surface area contributed by atoms with E-state index in [1.54, 1.807) is 12.1 Å². The van der Waals surface area contributed by atoms with E-state index < -0.39 is 5.97 Å². The molecule has 104 valence electrons. The summed E-state index contributed by atoms with van der Waals surface area (Å²) in [7, 11) is 1.87. The molecule has 0 unspecified atom stereocenters. The molecule has 2 aromatic carbocycles. The minimum atomic E-state index is -0.971. The number of halogens is 1. The third-order valence-corrected chi connectivity index (χ3v) is 3.71. The largest absolute Gasteiger partial charge is 0.478 e. The average Bonchev–Trinajstić information content (AvgIpc) is 2.41. The topological polar surface area (TPSA) is 66.6 Å². The van der Waals surface area contributed by atoms with E-state index in [4.69, 9.17) is 5.73 Å². The van der Waals surface area contributed by atoms with Gasteiger partial charge in [-0.3, -0.25) is 0 Å². The molecule has 0 saturated carbocycles. The van der Waals surface area contributed by atoms with E-state index in [2.05, 4.69) is 22.6 Å². The second-order valence-corrected chi connectivity index (χ2v) is 5.81. The van der Waals surface area contributed by atoms with Crippen molar-refractivity contribution in [2.75, 3.05) is 17.7 Å². The molecule has 0 aliphatic heterocycles. The zero-order chi connectivity index (χ0) is 14.7. The molecular weight excluding hydrogens is 367 g/mol. The van der Waals surface area contributed by atoms with E-state index >= 15 is 0 Å². The Labute approximate surface area is 131 Å². The van der Waals surface area contributed by atoms with E-state index in [-0.39, 0.29) is 5.56 Å². The standard InChI is InChI=1S/C15H15IN2O2/c1-18(9-10-2-4-11(16)5-3-10)14-7-6-12(17)8-13(14)15(19)20/h2-8H,9,17H2,1H3,(H,19,20). The third-order valence-electron chi connectivity index (χ3n) is 3.00. The number of nitrogens with two attached hydrogens (primary N) is 1. The van der Waals surface area contributed by atoms with Gasteiger partial charge in [-0.25, -0.2) is 4.79 Å². The van der Waals surface area contributed by atoms with Crippen molar-refractivity contribution in [2.24, 2.45) is 0 Å². The van der Waals surface area contributed by atoms with Crippen LogP contribution in [0.4, 0.5) is 11.4 Å². The normalized spacial score (nSPS) is 10.3. The molecule has 0 atom stereocenters. The lowest BCUT2D eigenvalue weighted by atomic mass is 10.1. The zero-order valence-electron chi connectivity index (χ0n) is 11.0. The van der Waals surface area contributed by atoms with Crippen LogP contribution < -0.4 is 10.6 Å². The van der Waals surface area contributed by atoms with Gasteiger partial charge in [0.25, 0.3) is 0 Å². The highest BCUT2D eigenvalue weighted by Gasteiger charge is 2.14. The molecule has 0 heterocycles. The van der Waals surface area contributed by atoms with Crippen molar-refractivity contribution in [2.45, 2.75) is 6.54 Å². The number of carboxylic acids is 1. The minimum Gasteiger partial charge on any atom is -0.478 e. The van der Waals surface area contributed by atoms with Gasteiger partial charge in [0, 0.05) is 22.8 Å². The van der Waals surface area contributed by atoms with Gasteiger partial charge in [0.2, 0.25) is 0 Å². The first kappa shape index (κ1) is 14.6. The van der Waals surface area contributed by atoms with E-state index in [0.717, 1.165) is 5.56 Å². The highest BCUT2D eigenvalue weighted by atomic mass is 127. The van der Waals surface area contributed by atoms with Crippen molar-refractivity contribution < 1.29 is 9.90 Å². The summed E-state index contributed by atoms with van der Waals surface area (Å²) >= 11 is 2.25. The molecule has 2 aromatic rings. The summed E-state index contributed by atoms with van der Waals surface area (Å²) in [6.45, 7) is 0.640. The number of hydrogen-bond donors (Lipinski definition) is 2. The van der Waals surface area contributed by atoms with Crippen LogP contribution >= 0.6 is 22.6 Å². The molecule has 0 spiro atoms. The van der Waals surface area contributed by atoms with Crippen LogP contribution in [-0.4, -0.2) is 18.1 Å². The van der Waals surface area contributed by atoms with Crippen LogP contribution in [0, 0.1) is 3.57 Å². The number of anilines is 2. The Balaban J connectivity index is 2.27. The summed E-state index contributed by atoms with van der Waals surface area (Å²) in [6.07, 6.45) is 0. The zero-order valence-corrected chi connectivity index (χ0v) is 13.2. The lowest BCUT2D eigenvalue weighted by Gasteiger charge is -2.21. The predicted molar refractivity (Wildman–Crippen MR) is 89.1 cm³/mol. The molecule has 0 radical (unpaired) electrons. The fraction of sp³-hybridized carbons (Fsp3) is 0.133. The van der Waals surface area contributed by atoms with Crippen LogP contribution in [0.2, 0.25) is 0 Å². The number of hydrogen-bond acceptors (Lipinski definition) is 3. The molecule has 2 rings (SSSR count). The monoisotopic (exact) mass is 382 g/mol. The highest BCUT2D eigenvalue weighted by Crippen LogP contribution is 2.24. The van der Waals surface area contributed by atoms with Gasteiger partial charge in [-0.05, 0) is 58.5 Å². The lowest BCUT2D eigenvalue weighted by Crippen LogP contribution is -2.19. The molecule has 20 heavy (non-hydrogen) atoms. The molecule has 4 nitrogen and oxygen atoms in total. The fourth-order valence-electron chi connectivity index (χ4n) is 2.01. The van der Waals surface area contributed by atoms with E-state index in [0.29, 0.717) is 17.9 Å². The number of nitrogen functional groups attached to an aromatic ring is 1. The van der Waals surface area contributed by atoms with Crippen LogP contribution in [0.1, 0.15) is 15.9 Å². The Morgan fingerprint density at radius 1 is 1.25 bits per heavy atom. The Morgan fingerprint density at radius 2 is 1.90 bits per heavy atom. The van der Waals surface area contributed by atoms with Crippen molar-refractivity contribution in [3.8, 4) is 0 Å². The van der Waals surface area contributed by atoms with Crippen molar-refractivity contribution in [3.05, 3.63) is 57.2 Å². The van der Waals surface area contributed by atoms with E-state index in [1.165, 1.54) is 9.64 Å². The number of aromatic carboxylic acids is 1. The summed E-state index contributed by atoms with van der Waals surface area (Å²) in [4.78, 5) is 13.2. The van der Waals surface area contributed by atoms with Crippen LogP contribution in [0.3, 0.4) is 0 Å². The van der Waals surface area contributed by atoms with Crippen molar-refractivity contribution >= 4 is 39.9 Å². The van der Waals surface area contributed by atoms with Crippen LogP contribution in [0.15, 0.2) is 42.5 Å². The summed E-state index contributed by atoms with van der Waals surface area (Å²) < 4.78 is 1.17. The number of benzene rings is 2. The van der Waals surface area contributed by atoms with Crippen molar-refractivity contribution in [1.82, 2.24) is 0 Å². The van der Waals surface area contributed by atoms with Gasteiger partial charge in [0.15, 0.2) is 0 Å². The van der Waals surface area contributed by atoms with E-state index in [9.17, 15) is 9.90 Å². The van der Waals surface area contributed by atoms with Gasteiger partial charge in [-0.2, -0.15) is 0 Å². The molecule has 0 saturated heterocycles. The maximum absolute atomic E-state index is 11.3. The second kappa shape index (κ2) is 6.13. The molecule has 0 fully saturated rings. The Hall–Kier alpha value is -1.76. The SMILES string of the molecule is CN(Cc1ccc(I)cc1)c1ccc(N)cc1C(=O)O.